The minimum atomic E-state index is -3.44. The monoisotopic (exact) mass is 255 g/mol. The molecular weight excluding hydrogens is 238 g/mol. The lowest BCUT2D eigenvalue weighted by atomic mass is 10.2. The summed E-state index contributed by atoms with van der Waals surface area (Å²) in [6.07, 6.45) is 0. The molecular formula is C11H17N3O2S. The first-order chi connectivity index (χ1) is 7.86. The Morgan fingerprint density at radius 2 is 2.12 bits per heavy atom. The highest BCUT2D eigenvalue weighted by atomic mass is 32.2. The zero-order chi connectivity index (χ0) is 13.1. The molecule has 1 aromatic rings. The second-order valence-electron chi connectivity index (χ2n) is 3.77. The molecule has 0 heterocycles. The number of sulfonamides is 1. The maximum atomic E-state index is 11.6. The van der Waals surface area contributed by atoms with Crippen LogP contribution in [0, 0.1) is 0 Å². The summed E-state index contributed by atoms with van der Waals surface area (Å²) in [5.41, 5.74) is 7.78. The lowest BCUT2D eigenvalue weighted by Crippen LogP contribution is -2.19. The standard InChI is InChI=1S/C11H17N3O2S/c1-8(2)7-14-11-6-9(4-5-10(11)12)17(15,16)13-3/h4-6,13-14H,1,7,12H2,2-3H3. The Morgan fingerprint density at radius 3 is 2.65 bits per heavy atom. The molecule has 17 heavy (non-hydrogen) atoms. The van der Waals surface area contributed by atoms with E-state index in [1.165, 1.54) is 19.2 Å². The van der Waals surface area contributed by atoms with Crippen molar-refractivity contribution in [3.05, 3.63) is 30.4 Å². The van der Waals surface area contributed by atoms with Crippen LogP contribution >= 0.6 is 0 Å². The summed E-state index contributed by atoms with van der Waals surface area (Å²) in [6, 6.07) is 4.53. The molecule has 6 heteroatoms. The Morgan fingerprint density at radius 1 is 1.47 bits per heavy atom. The highest BCUT2D eigenvalue weighted by Crippen LogP contribution is 2.22. The van der Waals surface area contributed by atoms with Gasteiger partial charge in [0.2, 0.25) is 10.0 Å². The van der Waals surface area contributed by atoms with Crippen molar-refractivity contribution in [3.63, 3.8) is 0 Å². The van der Waals surface area contributed by atoms with E-state index in [9.17, 15) is 8.42 Å². The molecule has 0 radical (unpaired) electrons. The molecule has 0 bridgehead atoms. The molecule has 0 unspecified atom stereocenters. The Hall–Kier alpha value is -1.53. The maximum Gasteiger partial charge on any atom is 0.240 e. The molecule has 0 atom stereocenters. The number of anilines is 2. The zero-order valence-corrected chi connectivity index (χ0v) is 10.8. The Labute approximate surface area is 102 Å². The Bertz CT molecular complexity index is 524. The third-order valence-electron chi connectivity index (χ3n) is 2.18. The lowest BCUT2D eigenvalue weighted by Gasteiger charge is -2.11. The molecule has 0 saturated carbocycles. The SMILES string of the molecule is C=C(C)CNc1cc(S(=O)(=O)NC)ccc1N. The van der Waals surface area contributed by atoms with E-state index in [-0.39, 0.29) is 4.90 Å². The van der Waals surface area contributed by atoms with E-state index >= 15 is 0 Å². The Kier molecular flexibility index (Phi) is 4.14. The van der Waals surface area contributed by atoms with Crippen molar-refractivity contribution < 1.29 is 8.42 Å². The van der Waals surface area contributed by atoms with Gasteiger partial charge in [0.05, 0.1) is 16.3 Å². The van der Waals surface area contributed by atoms with Crippen LogP contribution in [0.25, 0.3) is 0 Å². The number of nitrogens with two attached hydrogens (primary N) is 1. The van der Waals surface area contributed by atoms with Crippen LogP contribution in [0.4, 0.5) is 11.4 Å². The summed E-state index contributed by atoms with van der Waals surface area (Å²) in [6.45, 7) is 6.17. The fourth-order valence-electron chi connectivity index (χ4n) is 1.22. The van der Waals surface area contributed by atoms with Crippen LogP contribution in [-0.4, -0.2) is 22.0 Å². The maximum absolute atomic E-state index is 11.6. The summed E-state index contributed by atoms with van der Waals surface area (Å²) in [5, 5.41) is 3.03. The molecule has 5 nitrogen and oxygen atoms in total. The van der Waals surface area contributed by atoms with E-state index in [4.69, 9.17) is 5.73 Å². The number of benzene rings is 1. The lowest BCUT2D eigenvalue weighted by molar-refractivity contribution is 0.588. The number of nitrogens with one attached hydrogen (secondary N) is 2. The molecule has 0 aromatic heterocycles. The largest absolute Gasteiger partial charge is 0.397 e. The van der Waals surface area contributed by atoms with Crippen LogP contribution < -0.4 is 15.8 Å². The molecule has 94 valence electrons. The molecule has 1 rings (SSSR count). The Balaban J connectivity index is 3.07. The third kappa shape index (κ3) is 3.47. The molecule has 0 aliphatic heterocycles. The number of rotatable bonds is 5. The molecule has 0 amide bonds. The molecule has 0 aliphatic rings. The van der Waals surface area contributed by atoms with Crippen molar-refractivity contribution in [1.82, 2.24) is 4.72 Å². The second-order valence-corrected chi connectivity index (χ2v) is 5.65. The van der Waals surface area contributed by atoms with Crippen LogP contribution in [0.5, 0.6) is 0 Å². The van der Waals surface area contributed by atoms with Crippen molar-refractivity contribution in [2.45, 2.75) is 11.8 Å². The van der Waals surface area contributed by atoms with E-state index < -0.39 is 10.0 Å². The van der Waals surface area contributed by atoms with Crippen molar-refractivity contribution in [2.24, 2.45) is 0 Å². The first-order valence-electron chi connectivity index (χ1n) is 5.08. The van der Waals surface area contributed by atoms with Crippen LogP contribution in [0.3, 0.4) is 0 Å². The van der Waals surface area contributed by atoms with Crippen molar-refractivity contribution in [1.29, 1.82) is 0 Å². The van der Waals surface area contributed by atoms with Crippen molar-refractivity contribution in [2.75, 3.05) is 24.6 Å². The van der Waals surface area contributed by atoms with Gasteiger partial charge in [0, 0.05) is 6.54 Å². The van der Waals surface area contributed by atoms with Gasteiger partial charge in [-0.2, -0.15) is 0 Å². The van der Waals surface area contributed by atoms with Crippen LogP contribution in [0.15, 0.2) is 35.2 Å². The van der Waals surface area contributed by atoms with E-state index in [0.717, 1.165) is 5.57 Å². The smallest absolute Gasteiger partial charge is 0.240 e. The summed E-state index contributed by atoms with van der Waals surface area (Å²) in [5.74, 6) is 0. The number of hydrogen-bond donors (Lipinski definition) is 3. The molecule has 4 N–H and O–H groups in total. The fourth-order valence-corrected chi connectivity index (χ4v) is 1.98. The van der Waals surface area contributed by atoms with E-state index in [1.54, 1.807) is 6.07 Å². The predicted octanol–water partition coefficient (Wildman–Crippen LogP) is 1.16. The average molecular weight is 255 g/mol. The molecule has 0 fully saturated rings. The van der Waals surface area contributed by atoms with Crippen LogP contribution in [-0.2, 0) is 10.0 Å². The third-order valence-corrected chi connectivity index (χ3v) is 3.60. The van der Waals surface area contributed by atoms with E-state index in [1.807, 2.05) is 6.92 Å². The predicted molar refractivity (Wildman–Crippen MR) is 70.4 cm³/mol. The normalized spacial score (nSPS) is 11.2. The van der Waals surface area contributed by atoms with Gasteiger partial charge < -0.3 is 11.1 Å². The van der Waals surface area contributed by atoms with Gasteiger partial charge in [0.25, 0.3) is 0 Å². The molecule has 0 spiro atoms. The zero-order valence-electron chi connectivity index (χ0n) is 9.95. The van der Waals surface area contributed by atoms with Crippen LogP contribution in [0.1, 0.15) is 6.92 Å². The van der Waals surface area contributed by atoms with E-state index in [2.05, 4.69) is 16.6 Å². The van der Waals surface area contributed by atoms with Gasteiger partial charge in [-0.05, 0) is 32.2 Å². The minimum absolute atomic E-state index is 0.179. The molecule has 1 aromatic carbocycles. The molecule has 0 saturated heterocycles. The van der Waals surface area contributed by atoms with E-state index in [0.29, 0.717) is 17.9 Å². The van der Waals surface area contributed by atoms with Gasteiger partial charge in [-0.1, -0.05) is 12.2 Å². The summed E-state index contributed by atoms with van der Waals surface area (Å²) in [7, 11) is -2.08. The fraction of sp³-hybridized carbons (Fsp3) is 0.273. The first kappa shape index (κ1) is 13.5. The summed E-state index contributed by atoms with van der Waals surface area (Å²) in [4.78, 5) is 0.179. The first-order valence-corrected chi connectivity index (χ1v) is 6.56. The number of hydrogen-bond acceptors (Lipinski definition) is 4. The quantitative estimate of drug-likeness (QED) is 0.544. The molecule has 0 aliphatic carbocycles. The summed E-state index contributed by atoms with van der Waals surface area (Å²) >= 11 is 0. The summed E-state index contributed by atoms with van der Waals surface area (Å²) < 4.78 is 25.5. The van der Waals surface area contributed by atoms with Crippen LogP contribution in [0.2, 0.25) is 0 Å². The highest BCUT2D eigenvalue weighted by molar-refractivity contribution is 7.89. The topological polar surface area (TPSA) is 84.2 Å². The minimum Gasteiger partial charge on any atom is -0.397 e. The van der Waals surface area contributed by atoms with Gasteiger partial charge in [-0.3, -0.25) is 0 Å². The highest BCUT2D eigenvalue weighted by Gasteiger charge is 2.12. The van der Waals surface area contributed by atoms with Gasteiger partial charge in [0.15, 0.2) is 0 Å². The van der Waals surface area contributed by atoms with Gasteiger partial charge >= 0.3 is 0 Å². The van der Waals surface area contributed by atoms with Gasteiger partial charge in [-0.15, -0.1) is 0 Å². The van der Waals surface area contributed by atoms with Gasteiger partial charge in [-0.25, -0.2) is 13.1 Å². The van der Waals surface area contributed by atoms with Crippen molar-refractivity contribution >= 4 is 21.4 Å². The van der Waals surface area contributed by atoms with Gasteiger partial charge in [0.1, 0.15) is 0 Å². The average Bonchev–Trinajstić information content (AvgIpc) is 2.27. The second kappa shape index (κ2) is 5.20. The number of nitrogen functional groups attached to an aromatic ring is 1. The van der Waals surface area contributed by atoms with Crippen molar-refractivity contribution in [3.8, 4) is 0 Å².